The standard InChI is InChI=1S/C21H21Cl2NO7/c1-21(2)9-5-8(30-20-19(29)18(28)17(27)13(7-25)31-20)3-4-11(9)24-12-6-10(22)16(26)15(23)14(12)21/h3-6,13,17-20,25,27-29H,7H2,1-2H3/t13-,17+,18+,19-,20+/m1/s1. The summed E-state index contributed by atoms with van der Waals surface area (Å²) in [4.78, 5) is 16.9. The van der Waals surface area contributed by atoms with Gasteiger partial charge in [-0.1, -0.05) is 37.0 Å². The molecule has 8 nitrogen and oxygen atoms in total. The number of halogens is 2. The number of hydrogen-bond acceptors (Lipinski definition) is 8. The second-order valence-corrected chi connectivity index (χ2v) is 8.91. The van der Waals surface area contributed by atoms with E-state index in [1.165, 1.54) is 6.08 Å². The molecule has 5 atom stereocenters. The van der Waals surface area contributed by atoms with Gasteiger partial charge in [0.2, 0.25) is 12.1 Å². The monoisotopic (exact) mass is 469 g/mol. The highest BCUT2D eigenvalue weighted by atomic mass is 35.5. The lowest BCUT2D eigenvalue weighted by atomic mass is 9.71. The summed E-state index contributed by atoms with van der Waals surface area (Å²) in [5, 5.41) is 39.4. The number of carbonyl (C=O) groups excluding carboxylic acids is 1. The number of hydrogen-bond donors (Lipinski definition) is 4. The molecule has 2 heterocycles. The molecule has 3 aliphatic rings. The van der Waals surface area contributed by atoms with Gasteiger partial charge in [0.1, 0.15) is 30.2 Å². The molecule has 1 aliphatic carbocycles. The number of Topliss-reactive ketones (excluding diaryl/α,β-unsaturated/α-hetero) is 1. The van der Waals surface area contributed by atoms with Gasteiger partial charge < -0.3 is 29.9 Å². The van der Waals surface area contributed by atoms with Gasteiger partial charge in [-0.05, 0) is 29.8 Å². The number of ketones is 1. The minimum Gasteiger partial charge on any atom is -0.462 e. The Bertz CT molecular complexity index is 1030. The third-order valence-electron chi connectivity index (χ3n) is 5.76. The van der Waals surface area contributed by atoms with E-state index in [1.54, 1.807) is 18.2 Å². The van der Waals surface area contributed by atoms with E-state index in [-0.39, 0.29) is 10.1 Å². The Morgan fingerprint density at radius 2 is 1.87 bits per heavy atom. The lowest BCUT2D eigenvalue weighted by molar-refractivity contribution is -0.277. The van der Waals surface area contributed by atoms with Crippen molar-refractivity contribution < 1.29 is 34.7 Å². The number of ether oxygens (including phenoxy) is 2. The molecule has 4 N–H and O–H groups in total. The highest BCUT2D eigenvalue weighted by Gasteiger charge is 2.45. The van der Waals surface area contributed by atoms with E-state index in [0.717, 1.165) is 0 Å². The first-order valence-electron chi connectivity index (χ1n) is 9.59. The normalized spacial score (nSPS) is 32.1. The summed E-state index contributed by atoms with van der Waals surface area (Å²) in [5.74, 6) is -0.176. The third-order valence-corrected chi connectivity index (χ3v) is 6.40. The first kappa shape index (κ1) is 22.4. The number of allylic oxidation sites excluding steroid dienone is 4. The van der Waals surface area contributed by atoms with Crippen LogP contribution in [0.3, 0.4) is 0 Å². The number of aliphatic hydroxyl groups excluding tert-OH is 4. The smallest absolute Gasteiger partial charge is 0.229 e. The molecule has 1 saturated heterocycles. The van der Waals surface area contributed by atoms with Crippen LogP contribution < -0.4 is 4.74 Å². The lowest BCUT2D eigenvalue weighted by Gasteiger charge is -2.40. The fraction of sp³-hybridized carbons (Fsp3) is 0.429. The molecule has 0 spiro atoms. The molecule has 1 fully saturated rings. The van der Waals surface area contributed by atoms with Crippen LogP contribution in [0.5, 0.6) is 5.75 Å². The van der Waals surface area contributed by atoms with E-state index in [1.807, 2.05) is 13.8 Å². The molecular formula is C21H21Cl2NO7. The zero-order chi connectivity index (χ0) is 22.7. The molecule has 31 heavy (non-hydrogen) atoms. The van der Waals surface area contributed by atoms with Crippen molar-refractivity contribution in [2.45, 2.75) is 50.0 Å². The van der Waals surface area contributed by atoms with Gasteiger partial charge in [-0.3, -0.25) is 4.79 Å². The van der Waals surface area contributed by atoms with E-state index in [9.17, 15) is 25.2 Å². The topological polar surface area (TPSA) is 129 Å². The molecule has 166 valence electrons. The number of benzene rings is 1. The van der Waals surface area contributed by atoms with Crippen LogP contribution in [-0.2, 0) is 14.9 Å². The second kappa shape index (κ2) is 7.97. The molecule has 0 amide bonds. The van der Waals surface area contributed by atoms with Crippen LogP contribution in [0, 0.1) is 0 Å². The van der Waals surface area contributed by atoms with Crippen LogP contribution in [0.1, 0.15) is 19.4 Å². The van der Waals surface area contributed by atoms with Crippen molar-refractivity contribution in [2.75, 3.05) is 6.61 Å². The Kier molecular flexibility index (Phi) is 5.76. The molecule has 0 aromatic heterocycles. The molecule has 0 bridgehead atoms. The van der Waals surface area contributed by atoms with Crippen molar-refractivity contribution in [3.63, 3.8) is 0 Å². The van der Waals surface area contributed by atoms with Crippen LogP contribution in [0.4, 0.5) is 5.69 Å². The summed E-state index contributed by atoms with van der Waals surface area (Å²) in [5.41, 5.74) is 1.67. The largest absolute Gasteiger partial charge is 0.462 e. The fourth-order valence-corrected chi connectivity index (χ4v) is 4.70. The van der Waals surface area contributed by atoms with Crippen molar-refractivity contribution in [1.29, 1.82) is 0 Å². The van der Waals surface area contributed by atoms with Gasteiger partial charge >= 0.3 is 0 Å². The lowest BCUT2D eigenvalue weighted by Crippen LogP contribution is -2.60. The second-order valence-electron chi connectivity index (χ2n) is 8.13. The zero-order valence-corrected chi connectivity index (χ0v) is 18.1. The average molecular weight is 470 g/mol. The molecule has 10 heteroatoms. The molecule has 0 saturated carbocycles. The van der Waals surface area contributed by atoms with E-state index in [4.69, 9.17) is 32.7 Å². The Labute approximate surface area is 188 Å². The first-order chi connectivity index (χ1) is 14.6. The SMILES string of the molecule is CC1(C)C2=C(Cl)C(=O)C(Cl)=CC2=Nc2ccc(O[C@H]3O[C@H](CO)[C@H](O)[C@H](O)[C@H]3O)cc21. The number of nitrogens with zero attached hydrogens (tertiary/aromatic N) is 1. The van der Waals surface area contributed by atoms with E-state index in [2.05, 4.69) is 4.99 Å². The zero-order valence-electron chi connectivity index (χ0n) is 16.6. The summed E-state index contributed by atoms with van der Waals surface area (Å²) >= 11 is 12.3. The molecule has 2 aliphatic heterocycles. The molecule has 1 aromatic carbocycles. The van der Waals surface area contributed by atoms with Gasteiger partial charge in [-0.15, -0.1) is 0 Å². The quantitative estimate of drug-likeness (QED) is 0.492. The number of aliphatic imine (C=N–C) groups is 1. The maximum Gasteiger partial charge on any atom is 0.229 e. The summed E-state index contributed by atoms with van der Waals surface area (Å²) in [6, 6.07) is 4.99. The Hall–Kier alpha value is -1.78. The molecule has 4 rings (SSSR count). The van der Waals surface area contributed by atoms with Crippen molar-refractivity contribution in [3.8, 4) is 5.75 Å². The van der Waals surface area contributed by atoms with Gasteiger partial charge in [-0.25, -0.2) is 4.99 Å². The summed E-state index contributed by atoms with van der Waals surface area (Å²) < 4.78 is 11.1. The maximum absolute atomic E-state index is 12.3. The Balaban J connectivity index is 1.70. The summed E-state index contributed by atoms with van der Waals surface area (Å²) in [6.07, 6.45) is -5.47. The van der Waals surface area contributed by atoms with Crippen molar-refractivity contribution >= 4 is 40.4 Å². The fourth-order valence-electron chi connectivity index (χ4n) is 4.02. The summed E-state index contributed by atoms with van der Waals surface area (Å²) in [6.45, 7) is 3.21. The predicted molar refractivity (Wildman–Crippen MR) is 113 cm³/mol. The van der Waals surface area contributed by atoms with E-state index >= 15 is 0 Å². The van der Waals surface area contributed by atoms with Crippen LogP contribution in [0.15, 0.2) is 44.9 Å². The van der Waals surface area contributed by atoms with E-state index < -0.39 is 48.5 Å². The number of rotatable bonds is 3. The minimum absolute atomic E-state index is 0.00200. The Morgan fingerprint density at radius 3 is 2.55 bits per heavy atom. The van der Waals surface area contributed by atoms with Gasteiger partial charge in [0.05, 0.1) is 28.1 Å². The van der Waals surface area contributed by atoms with Gasteiger partial charge in [0, 0.05) is 11.0 Å². The number of carbonyl (C=O) groups is 1. The van der Waals surface area contributed by atoms with Gasteiger partial charge in [0.25, 0.3) is 0 Å². The maximum atomic E-state index is 12.3. The molecule has 0 unspecified atom stereocenters. The predicted octanol–water partition coefficient (Wildman–Crippen LogP) is 1.43. The summed E-state index contributed by atoms with van der Waals surface area (Å²) in [7, 11) is 0. The van der Waals surface area contributed by atoms with Crippen LogP contribution in [0.25, 0.3) is 0 Å². The molecule has 0 radical (unpaired) electrons. The van der Waals surface area contributed by atoms with Crippen molar-refractivity contribution in [1.82, 2.24) is 0 Å². The average Bonchev–Trinajstić information content (AvgIpc) is 2.72. The van der Waals surface area contributed by atoms with E-state index in [0.29, 0.717) is 28.3 Å². The number of fused-ring (bicyclic) bond motifs is 2. The van der Waals surface area contributed by atoms with Crippen molar-refractivity contribution in [2.24, 2.45) is 4.99 Å². The third kappa shape index (κ3) is 3.62. The van der Waals surface area contributed by atoms with Crippen LogP contribution >= 0.6 is 23.2 Å². The minimum atomic E-state index is -1.55. The molecular weight excluding hydrogens is 449 g/mol. The Morgan fingerprint density at radius 1 is 1.16 bits per heavy atom. The van der Waals surface area contributed by atoms with Crippen molar-refractivity contribution in [3.05, 3.63) is 45.5 Å². The number of aliphatic hydroxyl groups is 4. The highest BCUT2D eigenvalue weighted by molar-refractivity contribution is 6.58. The molecule has 1 aromatic rings. The first-order valence-corrected chi connectivity index (χ1v) is 10.3. The van der Waals surface area contributed by atoms with Gasteiger partial charge in [0.15, 0.2) is 0 Å². The highest BCUT2D eigenvalue weighted by Crippen LogP contribution is 2.47. The van der Waals surface area contributed by atoms with Crippen LogP contribution in [0.2, 0.25) is 0 Å². The van der Waals surface area contributed by atoms with Crippen LogP contribution in [-0.4, -0.2) is 69.2 Å². The van der Waals surface area contributed by atoms with Gasteiger partial charge in [-0.2, -0.15) is 0 Å².